The normalized spacial score (nSPS) is 12.8. The molecule has 6 heteroatoms. The van der Waals surface area contributed by atoms with Gasteiger partial charge in [0.2, 0.25) is 0 Å². The molecule has 0 aliphatic carbocycles. The van der Waals surface area contributed by atoms with Gasteiger partial charge in [0.25, 0.3) is 0 Å². The summed E-state index contributed by atoms with van der Waals surface area (Å²) >= 11 is 0. The van der Waals surface area contributed by atoms with E-state index in [0.717, 1.165) is 26.1 Å². The molecule has 0 amide bonds. The van der Waals surface area contributed by atoms with Crippen LogP contribution < -0.4 is 5.32 Å². The summed E-state index contributed by atoms with van der Waals surface area (Å²) in [4.78, 5) is 0. The second-order valence-electron chi connectivity index (χ2n) is 4.32. The van der Waals surface area contributed by atoms with E-state index >= 15 is 0 Å². The van der Waals surface area contributed by atoms with Crippen LogP contribution in [-0.2, 0) is 13.1 Å². The molecule has 1 atom stereocenters. The van der Waals surface area contributed by atoms with Crippen LogP contribution in [0.15, 0.2) is 24.8 Å². The number of hydrogen-bond acceptors (Lipinski definition) is 4. The van der Waals surface area contributed by atoms with Crippen molar-refractivity contribution in [2.45, 2.75) is 39.4 Å². The van der Waals surface area contributed by atoms with Crippen molar-refractivity contribution >= 4 is 0 Å². The van der Waals surface area contributed by atoms with Gasteiger partial charge in [0.15, 0.2) is 0 Å². The lowest BCUT2D eigenvalue weighted by Gasteiger charge is -2.11. The predicted octanol–water partition coefficient (Wildman–Crippen LogP) is 1.24. The number of hydrogen-bond donors (Lipinski definition) is 1. The Morgan fingerprint density at radius 1 is 1.39 bits per heavy atom. The smallest absolute Gasteiger partial charge is 0.0692 e. The van der Waals surface area contributed by atoms with Crippen LogP contribution in [0.2, 0.25) is 0 Å². The van der Waals surface area contributed by atoms with Crippen LogP contribution in [0.3, 0.4) is 0 Å². The molecule has 2 rings (SSSR count). The van der Waals surface area contributed by atoms with Crippen molar-refractivity contribution < 1.29 is 0 Å². The fourth-order valence-electron chi connectivity index (χ4n) is 1.81. The molecule has 0 bridgehead atoms. The topological polar surface area (TPSA) is 60.6 Å². The van der Waals surface area contributed by atoms with Crippen molar-refractivity contribution in [1.29, 1.82) is 0 Å². The van der Waals surface area contributed by atoms with E-state index in [1.165, 1.54) is 5.56 Å². The van der Waals surface area contributed by atoms with Gasteiger partial charge in [-0.15, -0.1) is 5.10 Å². The molecule has 0 radical (unpaired) electrons. The summed E-state index contributed by atoms with van der Waals surface area (Å²) in [7, 11) is 0. The third-order valence-electron chi connectivity index (χ3n) is 2.96. The summed E-state index contributed by atoms with van der Waals surface area (Å²) in [5, 5.41) is 15.5. The molecule has 0 saturated heterocycles. The average molecular weight is 248 g/mol. The minimum atomic E-state index is 0.334. The van der Waals surface area contributed by atoms with Gasteiger partial charge in [-0.3, -0.25) is 9.36 Å². The second kappa shape index (κ2) is 6.30. The Morgan fingerprint density at radius 2 is 2.28 bits per heavy atom. The largest absolute Gasteiger partial charge is 0.310 e. The summed E-state index contributed by atoms with van der Waals surface area (Å²) in [6.45, 7) is 7.02. The van der Waals surface area contributed by atoms with E-state index < -0.39 is 0 Å². The van der Waals surface area contributed by atoms with Gasteiger partial charge < -0.3 is 5.32 Å². The van der Waals surface area contributed by atoms with Crippen LogP contribution in [0.1, 0.15) is 31.9 Å². The molecular formula is C12H20N6. The van der Waals surface area contributed by atoms with Crippen LogP contribution in [-0.4, -0.2) is 31.3 Å². The van der Waals surface area contributed by atoms with E-state index in [1.807, 2.05) is 21.8 Å². The van der Waals surface area contributed by atoms with Gasteiger partial charge in [-0.2, -0.15) is 5.10 Å². The Bertz CT molecular complexity index is 447. The molecule has 2 heterocycles. The van der Waals surface area contributed by atoms with Crippen LogP contribution in [0.4, 0.5) is 0 Å². The van der Waals surface area contributed by atoms with Gasteiger partial charge in [-0.25, -0.2) is 0 Å². The first kappa shape index (κ1) is 12.8. The minimum Gasteiger partial charge on any atom is -0.310 e. The zero-order valence-corrected chi connectivity index (χ0v) is 11.0. The number of nitrogens with zero attached hydrogens (tertiary/aromatic N) is 5. The lowest BCUT2D eigenvalue weighted by Crippen LogP contribution is -2.20. The predicted molar refractivity (Wildman–Crippen MR) is 69.0 cm³/mol. The fourth-order valence-corrected chi connectivity index (χ4v) is 1.81. The van der Waals surface area contributed by atoms with Crippen LogP contribution in [0.25, 0.3) is 0 Å². The zero-order chi connectivity index (χ0) is 12.8. The molecule has 0 aliphatic heterocycles. The highest BCUT2D eigenvalue weighted by atomic mass is 15.4. The summed E-state index contributed by atoms with van der Waals surface area (Å²) in [6.07, 6.45) is 8.65. The molecular weight excluding hydrogens is 228 g/mol. The van der Waals surface area contributed by atoms with Gasteiger partial charge in [-0.1, -0.05) is 5.21 Å². The number of rotatable bonds is 7. The summed E-state index contributed by atoms with van der Waals surface area (Å²) in [6, 6.07) is 0.334. The third-order valence-corrected chi connectivity index (χ3v) is 2.96. The summed E-state index contributed by atoms with van der Waals surface area (Å²) in [5.74, 6) is 0. The Labute approximate surface area is 107 Å². The number of aryl methyl sites for hydroxylation is 2. The molecule has 0 spiro atoms. The minimum absolute atomic E-state index is 0.334. The highest BCUT2D eigenvalue weighted by Crippen LogP contribution is 2.10. The third kappa shape index (κ3) is 3.40. The van der Waals surface area contributed by atoms with E-state index in [-0.39, 0.29) is 0 Å². The van der Waals surface area contributed by atoms with Crippen LogP contribution in [0, 0.1) is 0 Å². The Balaban J connectivity index is 1.69. The molecule has 2 aromatic rings. The first-order valence-electron chi connectivity index (χ1n) is 6.39. The van der Waals surface area contributed by atoms with Crippen LogP contribution in [0.5, 0.6) is 0 Å². The molecule has 1 unspecified atom stereocenters. The summed E-state index contributed by atoms with van der Waals surface area (Å²) in [5.41, 5.74) is 1.23. The number of aromatic nitrogens is 5. The quantitative estimate of drug-likeness (QED) is 0.749. The number of nitrogens with one attached hydrogen (secondary N) is 1. The maximum Gasteiger partial charge on any atom is 0.0692 e. The fraction of sp³-hybridized carbons (Fsp3) is 0.583. The van der Waals surface area contributed by atoms with Crippen LogP contribution >= 0.6 is 0 Å². The molecule has 18 heavy (non-hydrogen) atoms. The maximum atomic E-state index is 4.28. The molecule has 0 fully saturated rings. The first-order chi connectivity index (χ1) is 8.79. The van der Waals surface area contributed by atoms with Gasteiger partial charge in [0, 0.05) is 37.1 Å². The molecule has 2 aromatic heterocycles. The average Bonchev–Trinajstić information content (AvgIpc) is 3.05. The highest BCUT2D eigenvalue weighted by Gasteiger charge is 2.06. The van der Waals surface area contributed by atoms with Crippen molar-refractivity contribution in [1.82, 2.24) is 30.1 Å². The molecule has 0 aliphatic rings. The van der Waals surface area contributed by atoms with Gasteiger partial charge >= 0.3 is 0 Å². The SMILES string of the molecule is CCn1cc(C(C)NCCCn2ccnn2)cn1. The van der Waals surface area contributed by atoms with Gasteiger partial charge in [0.05, 0.1) is 12.4 Å². The molecule has 1 N–H and O–H groups in total. The monoisotopic (exact) mass is 248 g/mol. The molecule has 98 valence electrons. The summed E-state index contributed by atoms with van der Waals surface area (Å²) < 4.78 is 3.80. The second-order valence-corrected chi connectivity index (χ2v) is 4.32. The van der Waals surface area contributed by atoms with Crippen molar-refractivity contribution in [3.8, 4) is 0 Å². The van der Waals surface area contributed by atoms with E-state index in [9.17, 15) is 0 Å². The lowest BCUT2D eigenvalue weighted by atomic mass is 10.2. The highest BCUT2D eigenvalue weighted by molar-refractivity contribution is 5.08. The van der Waals surface area contributed by atoms with E-state index in [0.29, 0.717) is 6.04 Å². The van der Waals surface area contributed by atoms with Gasteiger partial charge in [0.1, 0.15) is 0 Å². The Kier molecular flexibility index (Phi) is 4.46. The Hall–Kier alpha value is -1.69. The van der Waals surface area contributed by atoms with E-state index in [4.69, 9.17) is 0 Å². The van der Waals surface area contributed by atoms with Crippen molar-refractivity contribution in [3.05, 3.63) is 30.4 Å². The maximum absolute atomic E-state index is 4.28. The van der Waals surface area contributed by atoms with E-state index in [2.05, 4.69) is 40.8 Å². The Morgan fingerprint density at radius 3 is 2.94 bits per heavy atom. The lowest BCUT2D eigenvalue weighted by molar-refractivity contribution is 0.499. The van der Waals surface area contributed by atoms with Crippen molar-refractivity contribution in [2.24, 2.45) is 0 Å². The molecule has 0 aromatic carbocycles. The first-order valence-corrected chi connectivity index (χ1v) is 6.39. The van der Waals surface area contributed by atoms with Crippen molar-refractivity contribution in [3.63, 3.8) is 0 Å². The molecule has 6 nitrogen and oxygen atoms in total. The van der Waals surface area contributed by atoms with Crippen molar-refractivity contribution in [2.75, 3.05) is 6.54 Å². The standard InChI is InChI=1S/C12H20N6/c1-3-17-10-12(9-15-17)11(2)13-5-4-7-18-8-6-14-16-18/h6,8-11,13H,3-5,7H2,1-2H3. The zero-order valence-electron chi connectivity index (χ0n) is 11.0. The molecule has 0 saturated carbocycles. The van der Waals surface area contributed by atoms with Gasteiger partial charge in [-0.05, 0) is 26.8 Å². The van der Waals surface area contributed by atoms with E-state index in [1.54, 1.807) is 6.20 Å².